The zero-order chi connectivity index (χ0) is 5.58. The first-order valence-corrected chi connectivity index (χ1v) is 2.07. The maximum absolute atomic E-state index is 4.71. The molecule has 0 aromatic heterocycles. The molecule has 0 aliphatic carbocycles. The molecule has 0 aliphatic rings. The van der Waals surface area contributed by atoms with Crippen LogP contribution in [0.15, 0.2) is 13.2 Å². The van der Waals surface area contributed by atoms with Gasteiger partial charge in [0.1, 0.15) is 4.32 Å². The summed E-state index contributed by atoms with van der Waals surface area (Å²) in [5.41, 5.74) is 4.71. The summed E-state index contributed by atoms with van der Waals surface area (Å²) in [7, 11) is 0. The maximum Gasteiger partial charge on any atom is 0.128 e. The van der Waals surface area contributed by atoms with E-state index in [0.29, 0.717) is 0 Å². The fourth-order valence-electron chi connectivity index (χ4n) is 0. The Hall–Kier alpha value is 0.499. The van der Waals surface area contributed by atoms with Gasteiger partial charge in [-0.05, 0) is 0 Å². The topological polar surface area (TPSA) is 26.0 Å². The van der Waals surface area contributed by atoms with E-state index in [1.54, 1.807) is 0 Å². The summed E-state index contributed by atoms with van der Waals surface area (Å²) in [6.45, 7) is 6.00. The second kappa shape index (κ2) is 16.1. The molecule has 0 rings (SSSR count). The van der Waals surface area contributed by atoms with Crippen molar-refractivity contribution in [2.45, 2.75) is 0 Å². The van der Waals surface area contributed by atoms with Crippen LogP contribution in [0.3, 0.4) is 0 Å². The largest absolute Gasteiger partial charge is 0.385 e. The second-order valence-electron chi connectivity index (χ2n) is 0.338. The van der Waals surface area contributed by atoms with E-state index in [4.69, 9.17) is 5.73 Å². The first-order chi connectivity index (χ1) is 2.73. The number of hydrogen-bond acceptors (Lipinski definition) is 1. The van der Waals surface area contributed by atoms with E-state index < -0.39 is 0 Å². The first kappa shape index (κ1) is 15.6. The molecule has 0 saturated carbocycles. The summed E-state index contributed by atoms with van der Waals surface area (Å²) in [5.74, 6) is 0. The van der Waals surface area contributed by atoms with Crippen molar-refractivity contribution in [2.75, 3.05) is 0 Å². The fraction of sp³-hybridized carbons (Fsp3) is 0. The third-order valence-electron chi connectivity index (χ3n) is 0. The van der Waals surface area contributed by atoms with Crippen LogP contribution in [0, 0.1) is 0 Å². The normalized spacial score (nSPS) is 4.14. The smallest absolute Gasteiger partial charge is 0.128 e. The molecule has 2 N–H and O–H groups in total. The van der Waals surface area contributed by atoms with Crippen LogP contribution in [0.25, 0.3) is 0 Å². The summed E-state index contributed by atoms with van der Waals surface area (Å²) >= 11 is 7.65. The van der Waals surface area contributed by atoms with Crippen LogP contribution in [0.5, 0.6) is 0 Å². The molecule has 0 spiro atoms. The van der Waals surface area contributed by atoms with E-state index in [-0.39, 0.29) is 21.4 Å². The summed E-state index contributed by atoms with van der Waals surface area (Å²) in [4.78, 5) is 0. The number of nitrogens with two attached hydrogens (primary N) is 1. The predicted molar refractivity (Wildman–Crippen MR) is 37.0 cm³/mol. The van der Waals surface area contributed by atoms with Crippen molar-refractivity contribution in [1.82, 2.24) is 0 Å². The summed E-state index contributed by atoms with van der Waals surface area (Å²) in [5, 5.41) is 0. The third-order valence-corrected chi connectivity index (χ3v) is 0. The van der Waals surface area contributed by atoms with Crippen LogP contribution in [0.1, 0.15) is 0 Å². The predicted octanol–water partition coefficient (Wildman–Crippen LogP) is 0.960. The number of thiol groups is 1. The molecule has 1 radical (unpaired) electrons. The molecule has 47 valence electrons. The standard InChI is InChI=1S/C2H4.CH3NS2.Cu/c1-2;2-1(3)4;/h1-2H2;(H3,2,3,4);. The van der Waals surface area contributed by atoms with Crippen molar-refractivity contribution in [2.24, 2.45) is 5.73 Å². The quantitative estimate of drug-likeness (QED) is 0.254. The zero-order valence-electron chi connectivity index (χ0n) is 3.65. The average molecular weight is 185 g/mol. The van der Waals surface area contributed by atoms with Gasteiger partial charge in [-0.1, -0.05) is 12.2 Å². The van der Waals surface area contributed by atoms with E-state index in [9.17, 15) is 0 Å². The van der Waals surface area contributed by atoms with E-state index in [2.05, 4.69) is 38.0 Å². The first-order valence-electron chi connectivity index (χ1n) is 1.22. The summed E-state index contributed by atoms with van der Waals surface area (Å²) in [6, 6.07) is 0. The number of thiocarbonyl (C=S) groups is 1. The van der Waals surface area contributed by atoms with Gasteiger partial charge < -0.3 is 5.73 Å². The monoisotopic (exact) mass is 184 g/mol. The van der Waals surface area contributed by atoms with Gasteiger partial charge >= 0.3 is 0 Å². The maximum atomic E-state index is 4.71. The summed E-state index contributed by atoms with van der Waals surface area (Å²) < 4.78 is 0.194. The zero-order valence-corrected chi connectivity index (χ0v) is 6.30. The molecule has 0 atom stereocenters. The van der Waals surface area contributed by atoms with Crippen LogP contribution in [0.4, 0.5) is 0 Å². The third kappa shape index (κ3) is 527. The van der Waals surface area contributed by atoms with Gasteiger partial charge in [-0.2, -0.15) is 0 Å². The Kier molecular flexibility index (Phi) is 35.9. The Morgan fingerprint density at radius 1 is 1.57 bits per heavy atom. The minimum atomic E-state index is 0. The van der Waals surface area contributed by atoms with Crippen molar-refractivity contribution in [1.29, 1.82) is 0 Å². The Morgan fingerprint density at radius 2 is 1.57 bits per heavy atom. The van der Waals surface area contributed by atoms with Crippen molar-refractivity contribution in [3.05, 3.63) is 13.2 Å². The average Bonchev–Trinajstić information content (AvgIpc) is 1.41. The number of rotatable bonds is 0. The Bertz CT molecular complexity index is 44.2. The molecular formula is C3H7CuNS2. The molecule has 0 fully saturated rings. The number of hydrogen-bond donors (Lipinski definition) is 2. The van der Waals surface area contributed by atoms with Gasteiger partial charge in [-0.3, -0.25) is 0 Å². The van der Waals surface area contributed by atoms with E-state index in [1.807, 2.05) is 0 Å². The molecule has 0 heterocycles. The van der Waals surface area contributed by atoms with Crippen LogP contribution in [-0.4, -0.2) is 4.32 Å². The summed E-state index contributed by atoms with van der Waals surface area (Å²) in [6.07, 6.45) is 0. The van der Waals surface area contributed by atoms with Crippen molar-refractivity contribution in [3.63, 3.8) is 0 Å². The SMILES string of the molecule is C=C.NC(=S)S.[Cu]. The van der Waals surface area contributed by atoms with Crippen LogP contribution >= 0.6 is 24.8 Å². The molecule has 0 amide bonds. The molecule has 0 aromatic carbocycles. The van der Waals surface area contributed by atoms with Crippen molar-refractivity contribution < 1.29 is 17.1 Å². The van der Waals surface area contributed by atoms with E-state index in [1.165, 1.54) is 0 Å². The molecule has 0 unspecified atom stereocenters. The minimum Gasteiger partial charge on any atom is -0.385 e. The van der Waals surface area contributed by atoms with Gasteiger partial charge in [0.25, 0.3) is 0 Å². The molecule has 0 aromatic rings. The molecule has 1 nitrogen and oxygen atoms in total. The van der Waals surface area contributed by atoms with Gasteiger partial charge in [-0.15, -0.1) is 25.8 Å². The van der Waals surface area contributed by atoms with Crippen LogP contribution in [0.2, 0.25) is 0 Å². The van der Waals surface area contributed by atoms with Gasteiger partial charge in [0.2, 0.25) is 0 Å². The second-order valence-corrected chi connectivity index (χ2v) is 1.56. The van der Waals surface area contributed by atoms with E-state index in [0.717, 1.165) is 0 Å². The molecule has 0 saturated heterocycles. The van der Waals surface area contributed by atoms with Crippen LogP contribution < -0.4 is 5.73 Å². The molecule has 0 aliphatic heterocycles. The van der Waals surface area contributed by atoms with Crippen molar-refractivity contribution >= 4 is 29.2 Å². The Morgan fingerprint density at radius 3 is 1.57 bits per heavy atom. The van der Waals surface area contributed by atoms with E-state index >= 15 is 0 Å². The molecule has 7 heavy (non-hydrogen) atoms. The Balaban J connectivity index is -0.0000000480. The molecule has 0 bridgehead atoms. The minimum absolute atomic E-state index is 0. The van der Waals surface area contributed by atoms with Gasteiger partial charge in [0.05, 0.1) is 0 Å². The fourth-order valence-corrected chi connectivity index (χ4v) is 0. The van der Waals surface area contributed by atoms with Gasteiger partial charge in [0, 0.05) is 17.1 Å². The van der Waals surface area contributed by atoms with Gasteiger partial charge in [-0.25, -0.2) is 0 Å². The van der Waals surface area contributed by atoms with Crippen LogP contribution in [-0.2, 0) is 17.1 Å². The van der Waals surface area contributed by atoms with Gasteiger partial charge in [0.15, 0.2) is 0 Å². The molecular weight excluding hydrogens is 178 g/mol. The molecule has 4 heteroatoms. The Labute approximate surface area is 65.2 Å². The van der Waals surface area contributed by atoms with Crippen molar-refractivity contribution in [3.8, 4) is 0 Å².